The molecule has 0 aliphatic heterocycles. The Morgan fingerprint density at radius 3 is 2.69 bits per heavy atom. The van der Waals surface area contributed by atoms with Crippen molar-refractivity contribution in [3.05, 3.63) is 58.4 Å². The van der Waals surface area contributed by atoms with E-state index in [2.05, 4.69) is 67.7 Å². The van der Waals surface area contributed by atoms with E-state index in [1.165, 1.54) is 35.1 Å². The SMILES string of the molecule is CCc1ccc(CC)c(/C=C(\C)CNc2nccc(C3(SC)CC3)n2)c1. The zero-order chi connectivity index (χ0) is 18.6. The van der Waals surface area contributed by atoms with Gasteiger partial charge in [-0.1, -0.05) is 43.7 Å². The highest BCUT2D eigenvalue weighted by Crippen LogP contribution is 2.55. The zero-order valence-corrected chi connectivity index (χ0v) is 17.1. The average Bonchev–Trinajstić information content (AvgIpc) is 3.48. The summed E-state index contributed by atoms with van der Waals surface area (Å²) in [6.45, 7) is 7.34. The fraction of sp³-hybridized carbons (Fsp3) is 0.455. The molecule has 1 saturated carbocycles. The van der Waals surface area contributed by atoms with Crippen molar-refractivity contribution in [1.82, 2.24) is 9.97 Å². The molecule has 1 aliphatic rings. The lowest BCUT2D eigenvalue weighted by Gasteiger charge is -2.13. The van der Waals surface area contributed by atoms with E-state index in [0.29, 0.717) is 0 Å². The summed E-state index contributed by atoms with van der Waals surface area (Å²) in [5.41, 5.74) is 6.56. The molecule has 1 aromatic carbocycles. The number of hydrogen-bond acceptors (Lipinski definition) is 4. The monoisotopic (exact) mass is 367 g/mol. The summed E-state index contributed by atoms with van der Waals surface area (Å²) >= 11 is 1.90. The fourth-order valence-electron chi connectivity index (χ4n) is 3.23. The second kappa shape index (κ2) is 8.26. The number of thioether (sulfide) groups is 1. The van der Waals surface area contributed by atoms with E-state index in [1.807, 2.05) is 18.0 Å². The van der Waals surface area contributed by atoms with E-state index in [0.717, 1.165) is 31.0 Å². The molecule has 1 heterocycles. The molecule has 138 valence electrons. The number of nitrogens with one attached hydrogen (secondary N) is 1. The van der Waals surface area contributed by atoms with Gasteiger partial charge < -0.3 is 5.32 Å². The Morgan fingerprint density at radius 1 is 1.23 bits per heavy atom. The predicted molar refractivity (Wildman–Crippen MR) is 114 cm³/mol. The minimum atomic E-state index is 0.237. The van der Waals surface area contributed by atoms with Crippen LogP contribution in [-0.4, -0.2) is 22.8 Å². The molecule has 0 radical (unpaired) electrons. The molecular formula is C22H29N3S. The Kier molecular flexibility index (Phi) is 6.02. The first kappa shape index (κ1) is 19.0. The molecule has 4 heteroatoms. The molecule has 3 nitrogen and oxygen atoms in total. The van der Waals surface area contributed by atoms with Crippen molar-refractivity contribution in [1.29, 1.82) is 0 Å². The minimum absolute atomic E-state index is 0.237. The zero-order valence-electron chi connectivity index (χ0n) is 16.3. The van der Waals surface area contributed by atoms with Crippen LogP contribution >= 0.6 is 11.8 Å². The minimum Gasteiger partial charge on any atom is -0.350 e. The van der Waals surface area contributed by atoms with Crippen LogP contribution in [0.3, 0.4) is 0 Å². The molecule has 0 bridgehead atoms. The number of aromatic nitrogens is 2. The van der Waals surface area contributed by atoms with E-state index in [-0.39, 0.29) is 4.75 Å². The average molecular weight is 368 g/mol. The first-order valence-corrected chi connectivity index (χ1v) is 10.7. The largest absolute Gasteiger partial charge is 0.350 e. The lowest BCUT2D eigenvalue weighted by Crippen LogP contribution is -2.10. The van der Waals surface area contributed by atoms with Crippen molar-refractivity contribution in [3.63, 3.8) is 0 Å². The van der Waals surface area contributed by atoms with Crippen LogP contribution < -0.4 is 5.32 Å². The maximum absolute atomic E-state index is 4.75. The third-order valence-corrected chi connectivity index (χ3v) is 6.54. The van der Waals surface area contributed by atoms with Crippen LogP contribution in [0.1, 0.15) is 56.0 Å². The summed E-state index contributed by atoms with van der Waals surface area (Å²) in [4.78, 5) is 9.14. The molecule has 0 amide bonds. The van der Waals surface area contributed by atoms with Gasteiger partial charge in [-0.15, -0.1) is 0 Å². The van der Waals surface area contributed by atoms with Gasteiger partial charge in [0.15, 0.2) is 0 Å². The van der Waals surface area contributed by atoms with Gasteiger partial charge in [-0.2, -0.15) is 11.8 Å². The Labute approximate surface area is 161 Å². The van der Waals surface area contributed by atoms with Gasteiger partial charge in [-0.05, 0) is 61.6 Å². The molecule has 26 heavy (non-hydrogen) atoms. The maximum atomic E-state index is 4.75. The van der Waals surface area contributed by atoms with E-state index < -0.39 is 0 Å². The summed E-state index contributed by atoms with van der Waals surface area (Å²) in [6.07, 6.45) is 10.9. The molecule has 3 rings (SSSR count). The Morgan fingerprint density at radius 2 is 2.04 bits per heavy atom. The van der Waals surface area contributed by atoms with Crippen LogP contribution in [0.2, 0.25) is 0 Å². The molecule has 2 aromatic rings. The summed E-state index contributed by atoms with van der Waals surface area (Å²) in [6, 6.07) is 8.87. The van der Waals surface area contributed by atoms with E-state index in [9.17, 15) is 0 Å². The van der Waals surface area contributed by atoms with E-state index >= 15 is 0 Å². The van der Waals surface area contributed by atoms with Gasteiger partial charge in [-0.3, -0.25) is 0 Å². The lowest BCUT2D eigenvalue weighted by molar-refractivity contribution is 0.928. The maximum Gasteiger partial charge on any atom is 0.223 e. The molecule has 0 saturated heterocycles. The summed E-state index contributed by atoms with van der Waals surface area (Å²) in [7, 11) is 0. The van der Waals surface area contributed by atoms with Gasteiger partial charge in [0.1, 0.15) is 0 Å². The molecule has 0 atom stereocenters. The van der Waals surface area contributed by atoms with Crippen molar-refractivity contribution < 1.29 is 0 Å². The second-order valence-electron chi connectivity index (χ2n) is 7.05. The van der Waals surface area contributed by atoms with E-state index in [1.54, 1.807) is 0 Å². The normalized spacial score (nSPS) is 15.8. The Hall–Kier alpha value is -1.81. The predicted octanol–water partition coefficient (Wildman–Crippen LogP) is 5.47. The molecule has 1 aromatic heterocycles. The van der Waals surface area contributed by atoms with Crippen molar-refractivity contribution >= 4 is 23.8 Å². The van der Waals surface area contributed by atoms with Crippen LogP contribution in [0, 0.1) is 0 Å². The highest BCUT2D eigenvalue weighted by atomic mass is 32.2. The Bertz CT molecular complexity index is 794. The van der Waals surface area contributed by atoms with Crippen LogP contribution in [-0.2, 0) is 17.6 Å². The van der Waals surface area contributed by atoms with Gasteiger partial charge in [0.25, 0.3) is 0 Å². The van der Waals surface area contributed by atoms with Crippen molar-refractivity contribution in [2.24, 2.45) is 0 Å². The van der Waals surface area contributed by atoms with Gasteiger partial charge in [0.05, 0.1) is 10.4 Å². The number of benzene rings is 1. The topological polar surface area (TPSA) is 37.8 Å². The standard InChI is InChI=1S/C22H29N3S/c1-5-17-7-8-18(6-2)19(14-17)13-16(3)15-24-21-23-12-9-20(25-21)22(26-4)10-11-22/h7-9,12-14H,5-6,10-11,15H2,1-4H3,(H,23,24,25)/b16-13+. The van der Waals surface area contributed by atoms with Gasteiger partial charge in [0.2, 0.25) is 5.95 Å². The van der Waals surface area contributed by atoms with Gasteiger partial charge >= 0.3 is 0 Å². The van der Waals surface area contributed by atoms with Gasteiger partial charge in [0, 0.05) is 12.7 Å². The third-order valence-electron chi connectivity index (χ3n) is 5.14. The smallest absolute Gasteiger partial charge is 0.223 e. The van der Waals surface area contributed by atoms with Crippen molar-refractivity contribution in [2.75, 3.05) is 18.1 Å². The lowest BCUT2D eigenvalue weighted by atomic mass is 9.99. The van der Waals surface area contributed by atoms with Crippen LogP contribution in [0.25, 0.3) is 6.08 Å². The number of hydrogen-bond donors (Lipinski definition) is 1. The molecular weight excluding hydrogens is 338 g/mol. The Balaban J connectivity index is 1.70. The second-order valence-corrected chi connectivity index (χ2v) is 8.24. The van der Waals surface area contributed by atoms with Crippen LogP contribution in [0.4, 0.5) is 5.95 Å². The highest BCUT2D eigenvalue weighted by Gasteiger charge is 2.45. The molecule has 1 fully saturated rings. The summed E-state index contributed by atoms with van der Waals surface area (Å²) < 4.78 is 0.237. The third kappa shape index (κ3) is 4.29. The van der Waals surface area contributed by atoms with Crippen molar-refractivity contribution in [2.45, 2.75) is 51.2 Å². The number of aryl methyl sites for hydroxylation is 2. The summed E-state index contributed by atoms with van der Waals surface area (Å²) in [5, 5.41) is 3.40. The molecule has 0 unspecified atom stereocenters. The van der Waals surface area contributed by atoms with E-state index in [4.69, 9.17) is 4.98 Å². The summed E-state index contributed by atoms with van der Waals surface area (Å²) in [5.74, 6) is 0.730. The molecule has 1 N–H and O–H groups in total. The van der Waals surface area contributed by atoms with Crippen molar-refractivity contribution in [3.8, 4) is 0 Å². The highest BCUT2D eigenvalue weighted by molar-refractivity contribution is 7.99. The first-order valence-electron chi connectivity index (χ1n) is 9.51. The van der Waals surface area contributed by atoms with Gasteiger partial charge in [-0.25, -0.2) is 9.97 Å². The first-order chi connectivity index (χ1) is 12.6. The van der Waals surface area contributed by atoms with Crippen LogP contribution in [0.15, 0.2) is 36.0 Å². The van der Waals surface area contributed by atoms with Crippen LogP contribution in [0.5, 0.6) is 0 Å². The number of nitrogens with zero attached hydrogens (tertiary/aromatic N) is 2. The number of anilines is 1. The molecule has 1 aliphatic carbocycles. The fourth-order valence-corrected chi connectivity index (χ4v) is 4.06. The quantitative estimate of drug-likeness (QED) is 0.671. The number of rotatable bonds is 8. The molecule has 0 spiro atoms.